The lowest BCUT2D eigenvalue weighted by Crippen LogP contribution is -2.15. The Bertz CT molecular complexity index is 839. The van der Waals surface area contributed by atoms with E-state index in [1.54, 1.807) is 30.6 Å². The molecule has 2 heterocycles. The van der Waals surface area contributed by atoms with Crippen LogP contribution in [0.15, 0.2) is 60.9 Å². The number of pyridine rings is 1. The average Bonchev–Trinajstić information content (AvgIpc) is 2.66. The van der Waals surface area contributed by atoms with Crippen LogP contribution in [-0.2, 0) is 0 Å². The van der Waals surface area contributed by atoms with Gasteiger partial charge in [-0.05, 0) is 30.3 Å². The average molecular weight is 336 g/mol. The third-order valence-corrected chi connectivity index (χ3v) is 3.41. The Hall–Kier alpha value is -3.55. The SMILES string of the molecule is O=[N+]([O-])c1ccc(-c2ccnc(NCCNc3ccccn3)n2)cc1. The highest BCUT2D eigenvalue weighted by atomic mass is 16.6. The monoisotopic (exact) mass is 336 g/mol. The zero-order valence-electron chi connectivity index (χ0n) is 13.3. The Morgan fingerprint density at radius 1 is 0.920 bits per heavy atom. The van der Waals surface area contributed by atoms with Crippen molar-refractivity contribution in [2.24, 2.45) is 0 Å². The molecule has 0 amide bonds. The van der Waals surface area contributed by atoms with Crippen LogP contribution < -0.4 is 10.6 Å². The largest absolute Gasteiger partial charge is 0.368 e. The first-order chi connectivity index (χ1) is 12.2. The number of non-ortho nitro benzene ring substituents is 1. The molecule has 0 radical (unpaired) electrons. The number of hydrogen-bond acceptors (Lipinski definition) is 7. The van der Waals surface area contributed by atoms with Crippen molar-refractivity contribution < 1.29 is 4.92 Å². The van der Waals surface area contributed by atoms with Gasteiger partial charge in [0.2, 0.25) is 5.95 Å². The van der Waals surface area contributed by atoms with E-state index < -0.39 is 4.92 Å². The summed E-state index contributed by atoms with van der Waals surface area (Å²) in [4.78, 5) is 23.1. The van der Waals surface area contributed by atoms with Crippen LogP contribution in [0.1, 0.15) is 0 Å². The predicted octanol–water partition coefficient (Wildman–Crippen LogP) is 2.97. The highest BCUT2D eigenvalue weighted by Crippen LogP contribution is 2.21. The van der Waals surface area contributed by atoms with Crippen molar-refractivity contribution in [3.8, 4) is 11.3 Å². The molecule has 3 rings (SSSR count). The fourth-order valence-corrected chi connectivity index (χ4v) is 2.19. The van der Waals surface area contributed by atoms with Gasteiger partial charge in [-0.2, -0.15) is 0 Å². The number of nitro benzene ring substituents is 1. The predicted molar refractivity (Wildman–Crippen MR) is 95.3 cm³/mol. The van der Waals surface area contributed by atoms with E-state index in [1.165, 1.54) is 12.1 Å². The zero-order valence-corrected chi connectivity index (χ0v) is 13.3. The number of benzene rings is 1. The molecule has 25 heavy (non-hydrogen) atoms. The molecule has 0 unspecified atom stereocenters. The van der Waals surface area contributed by atoms with Crippen molar-refractivity contribution in [2.75, 3.05) is 23.7 Å². The standard InChI is InChI=1S/C17H16N6O2/c24-23(25)14-6-4-13(5-7-14)15-8-10-20-17(22-15)21-12-11-19-16-3-1-2-9-18-16/h1-10H,11-12H2,(H,18,19)(H,20,21,22). The maximum Gasteiger partial charge on any atom is 0.269 e. The Balaban J connectivity index is 1.58. The highest BCUT2D eigenvalue weighted by molar-refractivity contribution is 5.61. The van der Waals surface area contributed by atoms with Crippen molar-refractivity contribution >= 4 is 17.5 Å². The Morgan fingerprint density at radius 2 is 1.72 bits per heavy atom. The molecule has 1 aromatic carbocycles. The third kappa shape index (κ3) is 4.47. The van der Waals surface area contributed by atoms with Crippen LogP contribution in [-0.4, -0.2) is 33.0 Å². The normalized spacial score (nSPS) is 10.2. The van der Waals surface area contributed by atoms with Crippen LogP contribution in [0.4, 0.5) is 17.5 Å². The van der Waals surface area contributed by atoms with Crippen LogP contribution in [0.5, 0.6) is 0 Å². The summed E-state index contributed by atoms with van der Waals surface area (Å²) in [6, 6.07) is 13.7. The Labute approximate surface area is 144 Å². The molecule has 0 fully saturated rings. The second kappa shape index (κ2) is 7.82. The number of rotatable bonds is 7. The summed E-state index contributed by atoms with van der Waals surface area (Å²) in [6.45, 7) is 1.29. The first kappa shape index (κ1) is 16.3. The number of hydrogen-bond donors (Lipinski definition) is 2. The lowest BCUT2D eigenvalue weighted by molar-refractivity contribution is -0.384. The zero-order chi connectivity index (χ0) is 17.5. The van der Waals surface area contributed by atoms with Crippen LogP contribution >= 0.6 is 0 Å². The van der Waals surface area contributed by atoms with Crippen molar-refractivity contribution in [1.29, 1.82) is 0 Å². The van der Waals surface area contributed by atoms with Crippen LogP contribution in [0.3, 0.4) is 0 Å². The van der Waals surface area contributed by atoms with Gasteiger partial charge in [-0.25, -0.2) is 15.0 Å². The minimum Gasteiger partial charge on any atom is -0.368 e. The first-order valence-electron chi connectivity index (χ1n) is 7.69. The molecule has 0 aliphatic rings. The molecule has 0 saturated heterocycles. The van der Waals surface area contributed by atoms with Gasteiger partial charge in [0.15, 0.2) is 0 Å². The fraction of sp³-hybridized carbons (Fsp3) is 0.118. The van der Waals surface area contributed by atoms with E-state index in [0.717, 1.165) is 11.4 Å². The summed E-state index contributed by atoms with van der Waals surface area (Å²) in [5.74, 6) is 1.31. The second-order valence-electron chi connectivity index (χ2n) is 5.14. The van der Waals surface area contributed by atoms with Crippen molar-refractivity contribution in [2.45, 2.75) is 0 Å². The first-order valence-corrected chi connectivity index (χ1v) is 7.69. The van der Waals surface area contributed by atoms with E-state index in [9.17, 15) is 10.1 Å². The number of nitrogens with one attached hydrogen (secondary N) is 2. The van der Waals surface area contributed by atoms with Gasteiger partial charge in [-0.3, -0.25) is 10.1 Å². The maximum absolute atomic E-state index is 10.7. The number of aromatic nitrogens is 3. The molecule has 2 N–H and O–H groups in total. The topological polar surface area (TPSA) is 106 Å². The van der Waals surface area contributed by atoms with Crippen molar-refractivity contribution in [3.05, 3.63) is 71.0 Å². The van der Waals surface area contributed by atoms with Gasteiger partial charge in [0.1, 0.15) is 5.82 Å². The Morgan fingerprint density at radius 3 is 2.44 bits per heavy atom. The van der Waals surface area contributed by atoms with Gasteiger partial charge in [0.05, 0.1) is 10.6 Å². The lowest BCUT2D eigenvalue weighted by Gasteiger charge is -2.08. The quantitative estimate of drug-likeness (QED) is 0.388. The highest BCUT2D eigenvalue weighted by Gasteiger charge is 2.07. The third-order valence-electron chi connectivity index (χ3n) is 3.41. The van der Waals surface area contributed by atoms with Gasteiger partial charge in [0.25, 0.3) is 5.69 Å². The minimum atomic E-state index is -0.425. The Kier molecular flexibility index (Phi) is 5.10. The molecule has 0 bridgehead atoms. The summed E-state index contributed by atoms with van der Waals surface area (Å²) in [5.41, 5.74) is 1.55. The van der Waals surface area contributed by atoms with E-state index >= 15 is 0 Å². The summed E-state index contributed by atoms with van der Waals surface area (Å²) in [6.07, 6.45) is 3.38. The summed E-state index contributed by atoms with van der Waals surface area (Å²) < 4.78 is 0. The number of nitro groups is 1. The van der Waals surface area contributed by atoms with E-state index in [4.69, 9.17) is 0 Å². The van der Waals surface area contributed by atoms with Crippen molar-refractivity contribution in [3.63, 3.8) is 0 Å². The van der Waals surface area contributed by atoms with Crippen LogP contribution in [0, 0.1) is 10.1 Å². The lowest BCUT2D eigenvalue weighted by atomic mass is 10.1. The van der Waals surface area contributed by atoms with E-state index in [2.05, 4.69) is 25.6 Å². The summed E-state index contributed by atoms with van der Waals surface area (Å²) in [7, 11) is 0. The maximum atomic E-state index is 10.7. The van der Waals surface area contributed by atoms with Gasteiger partial charge >= 0.3 is 0 Å². The van der Waals surface area contributed by atoms with Gasteiger partial charge in [-0.1, -0.05) is 6.07 Å². The second-order valence-corrected chi connectivity index (χ2v) is 5.14. The summed E-state index contributed by atoms with van der Waals surface area (Å²) >= 11 is 0. The molecule has 0 aliphatic carbocycles. The van der Waals surface area contributed by atoms with Crippen LogP contribution in [0.2, 0.25) is 0 Å². The molecular formula is C17H16N6O2. The van der Waals surface area contributed by atoms with Gasteiger partial charge in [0, 0.05) is 43.2 Å². The molecule has 0 spiro atoms. The molecule has 0 atom stereocenters. The van der Waals surface area contributed by atoms with Crippen molar-refractivity contribution in [1.82, 2.24) is 15.0 Å². The van der Waals surface area contributed by atoms with Gasteiger partial charge < -0.3 is 10.6 Å². The molecule has 3 aromatic rings. The molecular weight excluding hydrogens is 320 g/mol. The molecule has 0 saturated carbocycles. The van der Waals surface area contributed by atoms with E-state index in [0.29, 0.717) is 24.7 Å². The molecule has 2 aromatic heterocycles. The molecule has 126 valence electrons. The van der Waals surface area contributed by atoms with Crippen LogP contribution in [0.25, 0.3) is 11.3 Å². The van der Waals surface area contributed by atoms with E-state index in [1.807, 2.05) is 18.2 Å². The molecule has 8 heteroatoms. The molecule has 8 nitrogen and oxygen atoms in total. The minimum absolute atomic E-state index is 0.0525. The summed E-state index contributed by atoms with van der Waals surface area (Å²) in [5, 5.41) is 17.0. The van der Waals surface area contributed by atoms with Gasteiger partial charge in [-0.15, -0.1) is 0 Å². The van der Waals surface area contributed by atoms with E-state index in [-0.39, 0.29) is 5.69 Å². The smallest absolute Gasteiger partial charge is 0.269 e. The number of nitrogens with zero attached hydrogens (tertiary/aromatic N) is 4. The number of anilines is 2. The molecule has 0 aliphatic heterocycles. The fourth-order valence-electron chi connectivity index (χ4n) is 2.19.